The van der Waals surface area contributed by atoms with Gasteiger partial charge in [0.15, 0.2) is 17.5 Å². The monoisotopic (exact) mass is 638 g/mol. The largest absolute Gasteiger partial charge is 0.256 e. The van der Waals surface area contributed by atoms with E-state index in [1.165, 1.54) is 21.9 Å². The van der Waals surface area contributed by atoms with E-state index in [2.05, 4.69) is 115 Å². The number of pyridine rings is 1. The molecule has 0 aliphatic heterocycles. The molecule has 4 heteroatoms. The second kappa shape index (κ2) is 12.7. The van der Waals surface area contributed by atoms with Crippen LogP contribution in [0.1, 0.15) is 0 Å². The van der Waals surface area contributed by atoms with Gasteiger partial charge in [0.05, 0.1) is 5.52 Å². The first-order chi connectivity index (χ1) is 24.8. The summed E-state index contributed by atoms with van der Waals surface area (Å²) in [5.74, 6) is 1.91. The molecule has 50 heavy (non-hydrogen) atoms. The third-order valence-corrected chi connectivity index (χ3v) is 9.17. The molecule has 0 atom stereocenters. The van der Waals surface area contributed by atoms with Gasteiger partial charge in [0, 0.05) is 28.3 Å². The van der Waals surface area contributed by atoms with Crippen molar-refractivity contribution >= 4 is 21.7 Å². The lowest BCUT2D eigenvalue weighted by Crippen LogP contribution is -2.00. The normalized spacial score (nSPS) is 11.2. The van der Waals surface area contributed by atoms with Gasteiger partial charge in [-0.1, -0.05) is 152 Å². The quantitative estimate of drug-likeness (QED) is 0.182. The predicted molar refractivity (Wildman–Crippen MR) is 205 cm³/mol. The highest BCUT2D eigenvalue weighted by atomic mass is 15.0. The molecule has 0 radical (unpaired) electrons. The number of aromatic nitrogens is 4. The summed E-state index contributed by atoms with van der Waals surface area (Å²) in [5.41, 5.74) is 10.6. The average molecular weight is 639 g/mol. The van der Waals surface area contributed by atoms with Crippen molar-refractivity contribution in [1.82, 2.24) is 19.9 Å². The predicted octanol–water partition coefficient (Wildman–Crippen LogP) is 11.6. The Morgan fingerprint density at radius 3 is 1.48 bits per heavy atom. The maximum atomic E-state index is 4.99. The Kier molecular flexibility index (Phi) is 7.45. The van der Waals surface area contributed by atoms with E-state index in [0.717, 1.165) is 49.8 Å². The van der Waals surface area contributed by atoms with Crippen molar-refractivity contribution in [2.45, 2.75) is 0 Å². The van der Waals surface area contributed by atoms with Crippen molar-refractivity contribution in [3.63, 3.8) is 0 Å². The van der Waals surface area contributed by atoms with Crippen LogP contribution in [0.15, 0.2) is 182 Å². The van der Waals surface area contributed by atoms with Gasteiger partial charge in [0.2, 0.25) is 0 Å². The minimum atomic E-state index is 0.626. The van der Waals surface area contributed by atoms with Crippen LogP contribution in [-0.4, -0.2) is 19.9 Å². The number of fused-ring (bicyclic) bond motifs is 2. The molecule has 2 heterocycles. The molecule has 0 N–H and O–H groups in total. The molecule has 2 aromatic heterocycles. The van der Waals surface area contributed by atoms with Gasteiger partial charge in [-0.2, -0.15) is 0 Å². The fourth-order valence-corrected chi connectivity index (χ4v) is 6.78. The van der Waals surface area contributed by atoms with Crippen molar-refractivity contribution in [3.8, 4) is 67.5 Å². The van der Waals surface area contributed by atoms with Crippen LogP contribution in [0.3, 0.4) is 0 Å². The molecule has 0 unspecified atom stereocenters. The lowest BCUT2D eigenvalue weighted by atomic mass is 9.91. The number of benzene rings is 7. The Morgan fingerprint density at radius 1 is 0.320 bits per heavy atom. The van der Waals surface area contributed by atoms with Gasteiger partial charge in [0.25, 0.3) is 0 Å². The number of rotatable bonds is 6. The molecular weight excluding hydrogens is 609 g/mol. The van der Waals surface area contributed by atoms with Gasteiger partial charge in [-0.25, -0.2) is 15.0 Å². The molecule has 0 bridgehead atoms. The second-order valence-corrected chi connectivity index (χ2v) is 12.3. The first kappa shape index (κ1) is 29.4. The minimum Gasteiger partial charge on any atom is -0.256 e. The maximum Gasteiger partial charge on any atom is 0.164 e. The van der Waals surface area contributed by atoms with E-state index < -0.39 is 0 Å². The number of hydrogen-bond donors (Lipinski definition) is 0. The summed E-state index contributed by atoms with van der Waals surface area (Å²) in [5, 5.41) is 3.58. The molecule has 0 spiro atoms. The summed E-state index contributed by atoms with van der Waals surface area (Å²) >= 11 is 0. The van der Waals surface area contributed by atoms with Crippen LogP contribution in [0.5, 0.6) is 0 Å². The molecular formula is C46H30N4. The standard InChI is InChI=1S/C46H30N4/c1-3-14-32(15-4-1)44-48-45(33-16-5-2-6-17-33)50-46(49-44)37-22-10-21-36(30-37)40-25-12-26-42-43(40)41(27-28-47-42)35-20-9-19-34(29-35)39-24-11-18-31-13-7-8-23-38(31)39/h1-30H. The van der Waals surface area contributed by atoms with E-state index in [1.807, 2.05) is 66.9 Å². The lowest BCUT2D eigenvalue weighted by molar-refractivity contribution is 1.07. The molecule has 0 fully saturated rings. The van der Waals surface area contributed by atoms with Crippen LogP contribution in [0.4, 0.5) is 0 Å². The van der Waals surface area contributed by atoms with E-state index in [1.54, 1.807) is 0 Å². The van der Waals surface area contributed by atoms with Crippen LogP contribution in [-0.2, 0) is 0 Å². The smallest absolute Gasteiger partial charge is 0.164 e. The zero-order valence-corrected chi connectivity index (χ0v) is 27.1. The van der Waals surface area contributed by atoms with Crippen molar-refractivity contribution in [2.24, 2.45) is 0 Å². The van der Waals surface area contributed by atoms with Crippen LogP contribution < -0.4 is 0 Å². The Morgan fingerprint density at radius 2 is 0.780 bits per heavy atom. The molecule has 234 valence electrons. The highest BCUT2D eigenvalue weighted by Gasteiger charge is 2.16. The SMILES string of the molecule is c1ccc(-c2nc(-c3ccccc3)nc(-c3cccc(-c4cccc5nccc(-c6cccc(-c7cccc8ccccc78)c6)c45)c3)n2)cc1. The van der Waals surface area contributed by atoms with Gasteiger partial charge in [-0.3, -0.25) is 4.98 Å². The van der Waals surface area contributed by atoms with Crippen molar-refractivity contribution in [1.29, 1.82) is 0 Å². The van der Waals surface area contributed by atoms with Gasteiger partial charge >= 0.3 is 0 Å². The van der Waals surface area contributed by atoms with E-state index in [0.29, 0.717) is 17.5 Å². The number of hydrogen-bond acceptors (Lipinski definition) is 4. The van der Waals surface area contributed by atoms with E-state index in [4.69, 9.17) is 19.9 Å². The Labute approximate surface area is 290 Å². The molecule has 0 aliphatic rings. The molecule has 0 amide bonds. The van der Waals surface area contributed by atoms with E-state index in [-0.39, 0.29) is 0 Å². The molecule has 0 saturated carbocycles. The summed E-state index contributed by atoms with van der Waals surface area (Å²) in [6, 6.07) is 61.0. The first-order valence-electron chi connectivity index (χ1n) is 16.7. The summed E-state index contributed by atoms with van der Waals surface area (Å²) in [6.07, 6.45) is 1.91. The van der Waals surface area contributed by atoms with Crippen LogP contribution in [0, 0.1) is 0 Å². The van der Waals surface area contributed by atoms with Gasteiger partial charge in [-0.15, -0.1) is 0 Å². The molecule has 4 nitrogen and oxygen atoms in total. The Balaban J connectivity index is 1.18. The van der Waals surface area contributed by atoms with Gasteiger partial charge in [-0.05, 0) is 68.4 Å². The number of nitrogens with zero attached hydrogens (tertiary/aromatic N) is 4. The highest BCUT2D eigenvalue weighted by molar-refractivity contribution is 6.06. The topological polar surface area (TPSA) is 51.6 Å². The third kappa shape index (κ3) is 5.49. The van der Waals surface area contributed by atoms with Crippen molar-refractivity contribution in [3.05, 3.63) is 182 Å². The van der Waals surface area contributed by atoms with Gasteiger partial charge in [0.1, 0.15) is 0 Å². The molecule has 7 aromatic carbocycles. The van der Waals surface area contributed by atoms with E-state index >= 15 is 0 Å². The maximum absolute atomic E-state index is 4.99. The summed E-state index contributed by atoms with van der Waals surface area (Å²) < 4.78 is 0. The Hall–Kier alpha value is -6.78. The van der Waals surface area contributed by atoms with Crippen LogP contribution in [0.25, 0.3) is 89.2 Å². The van der Waals surface area contributed by atoms with Crippen LogP contribution in [0.2, 0.25) is 0 Å². The third-order valence-electron chi connectivity index (χ3n) is 9.17. The zero-order chi connectivity index (χ0) is 33.3. The molecule has 0 aliphatic carbocycles. The fraction of sp³-hybridized carbons (Fsp3) is 0. The summed E-state index contributed by atoms with van der Waals surface area (Å²) in [4.78, 5) is 19.7. The minimum absolute atomic E-state index is 0.626. The van der Waals surface area contributed by atoms with Gasteiger partial charge < -0.3 is 0 Å². The van der Waals surface area contributed by atoms with Crippen molar-refractivity contribution in [2.75, 3.05) is 0 Å². The van der Waals surface area contributed by atoms with E-state index in [9.17, 15) is 0 Å². The summed E-state index contributed by atoms with van der Waals surface area (Å²) in [7, 11) is 0. The highest BCUT2D eigenvalue weighted by Crippen LogP contribution is 2.39. The summed E-state index contributed by atoms with van der Waals surface area (Å²) in [6.45, 7) is 0. The molecule has 9 rings (SSSR count). The average Bonchev–Trinajstić information content (AvgIpc) is 3.21. The Bertz CT molecular complexity index is 2580. The molecule has 9 aromatic rings. The zero-order valence-electron chi connectivity index (χ0n) is 27.1. The first-order valence-corrected chi connectivity index (χ1v) is 16.7. The second-order valence-electron chi connectivity index (χ2n) is 12.3. The van der Waals surface area contributed by atoms with Crippen LogP contribution >= 0.6 is 0 Å². The fourth-order valence-electron chi connectivity index (χ4n) is 6.78. The van der Waals surface area contributed by atoms with Crippen molar-refractivity contribution < 1.29 is 0 Å². The molecule has 0 saturated heterocycles. The lowest BCUT2D eigenvalue weighted by Gasteiger charge is -2.14.